The summed E-state index contributed by atoms with van der Waals surface area (Å²) in [5, 5.41) is 4.40. The van der Waals surface area contributed by atoms with Gasteiger partial charge in [-0.2, -0.15) is 0 Å². The third kappa shape index (κ3) is 1.89. The molecule has 1 aromatic carbocycles. The smallest absolute Gasteiger partial charge is 0.389 e. The monoisotopic (exact) mass is 287 g/mol. The van der Waals surface area contributed by atoms with E-state index in [2.05, 4.69) is 11.2 Å². The predicted molar refractivity (Wildman–Crippen MR) is 79.1 cm³/mol. The van der Waals surface area contributed by atoms with E-state index in [4.69, 9.17) is 4.84 Å². The lowest BCUT2D eigenvalue weighted by atomic mass is 10.1. The normalized spacial score (nSPS) is 17.5. The molecule has 2 aromatic rings. The SMILES string of the molecule is COn1nc(N2CCCC2)[n+](=O)c2cc3c(cc21)CCC3. The molecule has 0 bridgehead atoms. The Bertz CT molecular complexity index is 762. The highest BCUT2D eigenvalue weighted by Crippen LogP contribution is 2.26. The first-order valence-electron chi connectivity index (χ1n) is 7.59. The number of aryl methyl sites for hydroxylation is 2. The zero-order chi connectivity index (χ0) is 14.4. The minimum Gasteiger partial charge on any atom is -0.389 e. The lowest BCUT2D eigenvalue weighted by Crippen LogP contribution is -2.35. The van der Waals surface area contributed by atoms with Gasteiger partial charge < -0.3 is 4.84 Å². The molecule has 1 fully saturated rings. The van der Waals surface area contributed by atoms with Gasteiger partial charge in [-0.15, -0.1) is 0 Å². The molecule has 2 aliphatic rings. The second-order valence-electron chi connectivity index (χ2n) is 5.81. The molecule has 110 valence electrons. The second kappa shape index (κ2) is 4.72. The quantitative estimate of drug-likeness (QED) is 0.776. The van der Waals surface area contributed by atoms with Gasteiger partial charge in [0.25, 0.3) is 0 Å². The molecular weight excluding hydrogens is 268 g/mol. The van der Waals surface area contributed by atoms with E-state index in [0.717, 1.165) is 55.1 Å². The van der Waals surface area contributed by atoms with Crippen molar-refractivity contribution in [3.8, 4) is 0 Å². The molecule has 21 heavy (non-hydrogen) atoms. The molecular formula is C15H19N4O2+. The van der Waals surface area contributed by atoms with Crippen LogP contribution < -0.4 is 14.2 Å². The van der Waals surface area contributed by atoms with Crippen molar-refractivity contribution in [1.82, 2.24) is 9.94 Å². The molecule has 0 atom stereocenters. The zero-order valence-corrected chi connectivity index (χ0v) is 12.2. The summed E-state index contributed by atoms with van der Waals surface area (Å²) < 4.78 is 0.967. The number of rotatable bonds is 2. The Labute approximate surface area is 122 Å². The largest absolute Gasteiger partial charge is 0.459 e. The average molecular weight is 287 g/mol. The first-order chi connectivity index (χ1) is 10.3. The van der Waals surface area contributed by atoms with Crippen LogP contribution >= 0.6 is 0 Å². The fourth-order valence-electron chi connectivity index (χ4n) is 3.45. The molecule has 2 heterocycles. The first-order valence-corrected chi connectivity index (χ1v) is 7.59. The standard InChI is InChI=1S/C15H19N4O2/c1-21-19-14-10-12-6-4-5-11(12)9-13(14)18(20)15(16-19)17-7-2-3-8-17/h9-10H,2-8H2,1H3/q+1. The second-order valence-corrected chi connectivity index (χ2v) is 5.81. The summed E-state index contributed by atoms with van der Waals surface area (Å²) in [7, 11) is 1.59. The van der Waals surface area contributed by atoms with E-state index in [1.165, 1.54) is 16.0 Å². The Balaban J connectivity index is 1.99. The van der Waals surface area contributed by atoms with E-state index in [-0.39, 0.29) is 0 Å². The van der Waals surface area contributed by atoms with Crippen molar-refractivity contribution in [3.05, 3.63) is 28.2 Å². The summed E-state index contributed by atoms with van der Waals surface area (Å²) in [6, 6.07) is 4.07. The van der Waals surface area contributed by atoms with Crippen LogP contribution in [0.25, 0.3) is 11.0 Å². The maximum absolute atomic E-state index is 12.7. The van der Waals surface area contributed by atoms with E-state index in [1.54, 1.807) is 7.11 Å². The molecule has 1 aliphatic carbocycles. The third-order valence-corrected chi connectivity index (χ3v) is 4.54. The molecule has 6 heteroatoms. The van der Waals surface area contributed by atoms with Gasteiger partial charge in [-0.1, -0.05) is 4.91 Å². The average Bonchev–Trinajstić information content (AvgIpc) is 3.17. The lowest BCUT2D eigenvalue weighted by molar-refractivity contribution is -0.455. The molecule has 0 radical (unpaired) electrons. The fraction of sp³-hybridized carbons (Fsp3) is 0.533. The number of nitrogens with zero attached hydrogens (tertiary/aromatic N) is 4. The number of aromatic nitrogens is 3. The van der Waals surface area contributed by atoms with Gasteiger partial charge in [-0.25, -0.2) is 0 Å². The van der Waals surface area contributed by atoms with Crippen LogP contribution in [0.5, 0.6) is 0 Å². The molecule has 0 N–H and O–H groups in total. The number of anilines is 1. The van der Waals surface area contributed by atoms with Gasteiger partial charge in [0.1, 0.15) is 7.11 Å². The highest BCUT2D eigenvalue weighted by molar-refractivity contribution is 5.74. The van der Waals surface area contributed by atoms with Gasteiger partial charge in [0.15, 0.2) is 11.0 Å². The molecule has 0 spiro atoms. The van der Waals surface area contributed by atoms with Gasteiger partial charge in [0.05, 0.1) is 18.2 Å². The minimum absolute atomic E-state index is 0.444. The molecule has 1 aromatic heterocycles. The van der Waals surface area contributed by atoms with Crippen LogP contribution in [0.4, 0.5) is 5.95 Å². The minimum atomic E-state index is 0.444. The Hall–Kier alpha value is -2.11. The highest BCUT2D eigenvalue weighted by Gasteiger charge is 2.29. The van der Waals surface area contributed by atoms with Gasteiger partial charge >= 0.3 is 5.95 Å². The van der Waals surface area contributed by atoms with E-state index in [1.807, 2.05) is 11.0 Å². The summed E-state index contributed by atoms with van der Waals surface area (Å²) in [6.45, 7) is 1.77. The van der Waals surface area contributed by atoms with Crippen LogP contribution in [0, 0.1) is 4.91 Å². The molecule has 0 unspecified atom stereocenters. The number of benzene rings is 1. The summed E-state index contributed by atoms with van der Waals surface area (Å²) in [5.41, 5.74) is 3.99. The van der Waals surface area contributed by atoms with Crippen molar-refractivity contribution in [2.24, 2.45) is 0 Å². The van der Waals surface area contributed by atoms with Crippen molar-refractivity contribution < 1.29 is 9.26 Å². The van der Waals surface area contributed by atoms with E-state index >= 15 is 0 Å². The molecule has 6 nitrogen and oxygen atoms in total. The maximum Gasteiger partial charge on any atom is 0.459 e. The molecule has 1 aliphatic heterocycles. The van der Waals surface area contributed by atoms with Crippen LogP contribution in [0.15, 0.2) is 12.1 Å². The molecule has 0 amide bonds. The number of hydrogen-bond acceptors (Lipinski definition) is 4. The Kier molecular flexibility index (Phi) is 2.83. The topological polar surface area (TPSA) is 53.3 Å². The Morgan fingerprint density at radius 1 is 1.14 bits per heavy atom. The number of fused-ring (bicyclic) bond motifs is 2. The van der Waals surface area contributed by atoms with Crippen LogP contribution in [-0.2, 0) is 12.8 Å². The molecule has 1 saturated heterocycles. The van der Waals surface area contributed by atoms with Crippen LogP contribution in [-0.4, -0.2) is 30.1 Å². The highest BCUT2D eigenvalue weighted by atomic mass is 16.7. The molecule has 4 rings (SSSR count). The number of hydrogen-bond donors (Lipinski definition) is 0. The van der Waals surface area contributed by atoms with Crippen LogP contribution in [0.2, 0.25) is 0 Å². The predicted octanol–water partition coefficient (Wildman–Crippen LogP) is 1.10. The van der Waals surface area contributed by atoms with Crippen molar-refractivity contribution in [3.63, 3.8) is 0 Å². The Morgan fingerprint density at radius 2 is 1.86 bits per heavy atom. The summed E-state index contributed by atoms with van der Waals surface area (Å²) >= 11 is 0. The lowest BCUT2D eigenvalue weighted by Gasteiger charge is -2.10. The Morgan fingerprint density at radius 3 is 2.57 bits per heavy atom. The summed E-state index contributed by atoms with van der Waals surface area (Å²) in [6.07, 6.45) is 5.50. The van der Waals surface area contributed by atoms with Gasteiger partial charge in [0.2, 0.25) is 0 Å². The van der Waals surface area contributed by atoms with Crippen LogP contribution in [0.1, 0.15) is 30.4 Å². The summed E-state index contributed by atoms with van der Waals surface area (Å²) in [4.78, 5) is 21.6. The third-order valence-electron chi connectivity index (χ3n) is 4.54. The summed E-state index contributed by atoms with van der Waals surface area (Å²) in [5.74, 6) is 0.444. The van der Waals surface area contributed by atoms with Crippen molar-refractivity contribution >= 4 is 17.0 Å². The zero-order valence-electron chi connectivity index (χ0n) is 12.2. The van der Waals surface area contributed by atoms with E-state index in [0.29, 0.717) is 11.5 Å². The van der Waals surface area contributed by atoms with Crippen molar-refractivity contribution in [2.75, 3.05) is 25.1 Å². The van der Waals surface area contributed by atoms with Gasteiger partial charge in [-0.05, 0) is 60.2 Å². The van der Waals surface area contributed by atoms with Crippen molar-refractivity contribution in [2.45, 2.75) is 32.1 Å². The van der Waals surface area contributed by atoms with Gasteiger partial charge in [0, 0.05) is 4.43 Å². The fourth-order valence-corrected chi connectivity index (χ4v) is 3.45. The van der Waals surface area contributed by atoms with E-state index in [9.17, 15) is 4.91 Å². The molecule has 0 saturated carbocycles. The van der Waals surface area contributed by atoms with Gasteiger partial charge in [-0.3, -0.25) is 4.90 Å². The van der Waals surface area contributed by atoms with E-state index < -0.39 is 0 Å². The van der Waals surface area contributed by atoms with Crippen LogP contribution in [0.3, 0.4) is 0 Å². The maximum atomic E-state index is 12.7. The first kappa shape index (κ1) is 12.6. The van der Waals surface area contributed by atoms with Crippen molar-refractivity contribution in [1.29, 1.82) is 0 Å².